The lowest BCUT2D eigenvalue weighted by Crippen LogP contribution is -2.37. The zero-order chi connectivity index (χ0) is 18.9. The second-order valence-electron chi connectivity index (χ2n) is 6.20. The van der Waals surface area contributed by atoms with E-state index >= 15 is 0 Å². The zero-order valence-corrected chi connectivity index (χ0v) is 15.8. The van der Waals surface area contributed by atoms with Gasteiger partial charge in [-0.15, -0.1) is 11.3 Å². The van der Waals surface area contributed by atoms with E-state index in [1.807, 2.05) is 41.8 Å². The van der Waals surface area contributed by atoms with Crippen LogP contribution in [0.1, 0.15) is 42.7 Å². The molecule has 7 heteroatoms. The van der Waals surface area contributed by atoms with E-state index in [1.54, 1.807) is 0 Å². The molecule has 0 bridgehead atoms. The third kappa shape index (κ3) is 6.40. The lowest BCUT2D eigenvalue weighted by molar-refractivity contribution is -0.121. The number of urea groups is 1. The fraction of sp³-hybridized carbons (Fsp3) is 0.368. The van der Waals surface area contributed by atoms with Crippen molar-refractivity contribution in [1.29, 1.82) is 0 Å². The van der Waals surface area contributed by atoms with Gasteiger partial charge in [0.05, 0.1) is 19.0 Å². The van der Waals surface area contributed by atoms with Crippen LogP contribution in [0.5, 0.6) is 5.75 Å². The van der Waals surface area contributed by atoms with Crippen LogP contribution in [0.3, 0.4) is 0 Å². The number of thiophene rings is 1. The summed E-state index contributed by atoms with van der Waals surface area (Å²) in [4.78, 5) is 24.1. The summed E-state index contributed by atoms with van der Waals surface area (Å²) in [5, 5.41) is 7.29. The first-order valence-corrected chi connectivity index (χ1v) is 9.42. The molecule has 1 atom stereocenters. The number of rotatable bonds is 9. The van der Waals surface area contributed by atoms with Gasteiger partial charge in [-0.2, -0.15) is 0 Å². The second kappa shape index (κ2) is 9.82. The molecule has 2 aromatic rings. The Morgan fingerprint density at radius 1 is 1.19 bits per heavy atom. The SMILES string of the molecule is CC(C)c1ccc(OCCNC(=O)CC(NC(N)=O)c2cccs2)cc1. The molecule has 1 aromatic heterocycles. The number of benzene rings is 1. The molecule has 26 heavy (non-hydrogen) atoms. The summed E-state index contributed by atoms with van der Waals surface area (Å²) in [6.07, 6.45) is 0.131. The van der Waals surface area contributed by atoms with Gasteiger partial charge in [0.25, 0.3) is 0 Å². The summed E-state index contributed by atoms with van der Waals surface area (Å²) >= 11 is 1.47. The van der Waals surface area contributed by atoms with Crippen LogP contribution in [0.4, 0.5) is 4.79 Å². The molecule has 3 amide bonds. The first-order chi connectivity index (χ1) is 12.5. The lowest BCUT2D eigenvalue weighted by atomic mass is 10.0. The Bertz CT molecular complexity index is 699. The Morgan fingerprint density at radius 3 is 2.50 bits per heavy atom. The maximum atomic E-state index is 12.1. The zero-order valence-electron chi connectivity index (χ0n) is 15.0. The van der Waals surface area contributed by atoms with Crippen LogP contribution in [0.15, 0.2) is 41.8 Å². The summed E-state index contributed by atoms with van der Waals surface area (Å²) in [6, 6.07) is 10.6. The monoisotopic (exact) mass is 375 g/mol. The van der Waals surface area contributed by atoms with Crippen molar-refractivity contribution in [3.05, 3.63) is 52.2 Å². The minimum atomic E-state index is -0.649. The summed E-state index contributed by atoms with van der Waals surface area (Å²) in [7, 11) is 0. The van der Waals surface area contributed by atoms with Crippen molar-refractivity contribution < 1.29 is 14.3 Å². The molecule has 0 aliphatic heterocycles. The summed E-state index contributed by atoms with van der Waals surface area (Å²) < 4.78 is 5.63. The number of hydrogen-bond donors (Lipinski definition) is 3. The molecule has 4 N–H and O–H groups in total. The van der Waals surface area contributed by atoms with Gasteiger partial charge in [-0.3, -0.25) is 4.79 Å². The number of amides is 3. The topological polar surface area (TPSA) is 93.4 Å². The standard InChI is InChI=1S/C19H25N3O3S/c1-13(2)14-5-7-15(8-6-14)25-10-9-21-18(23)12-16(22-19(20)24)17-4-3-11-26-17/h3-8,11,13,16H,9-10,12H2,1-2H3,(H,21,23)(H3,20,22,24). The van der Waals surface area contributed by atoms with Gasteiger partial charge in [0.1, 0.15) is 12.4 Å². The average molecular weight is 375 g/mol. The molecular weight excluding hydrogens is 350 g/mol. The van der Waals surface area contributed by atoms with Gasteiger partial charge in [0.2, 0.25) is 5.91 Å². The number of primary amides is 1. The van der Waals surface area contributed by atoms with Gasteiger partial charge in [0.15, 0.2) is 0 Å². The molecule has 0 aliphatic carbocycles. The smallest absolute Gasteiger partial charge is 0.312 e. The molecule has 1 unspecified atom stereocenters. The molecule has 0 aliphatic rings. The van der Waals surface area contributed by atoms with Crippen LogP contribution in [-0.2, 0) is 4.79 Å². The van der Waals surface area contributed by atoms with Gasteiger partial charge in [-0.05, 0) is 35.1 Å². The van der Waals surface area contributed by atoms with Crippen molar-refractivity contribution in [2.45, 2.75) is 32.2 Å². The van der Waals surface area contributed by atoms with E-state index in [1.165, 1.54) is 16.9 Å². The highest BCUT2D eigenvalue weighted by atomic mass is 32.1. The fourth-order valence-electron chi connectivity index (χ4n) is 2.45. The minimum Gasteiger partial charge on any atom is -0.492 e. The number of carbonyl (C=O) groups is 2. The van der Waals surface area contributed by atoms with E-state index in [4.69, 9.17) is 10.5 Å². The predicted octanol–water partition coefficient (Wildman–Crippen LogP) is 3.17. The highest BCUT2D eigenvalue weighted by Crippen LogP contribution is 2.22. The van der Waals surface area contributed by atoms with E-state index in [9.17, 15) is 9.59 Å². The predicted molar refractivity (Wildman–Crippen MR) is 103 cm³/mol. The van der Waals surface area contributed by atoms with Crippen LogP contribution in [0, 0.1) is 0 Å². The molecule has 140 valence electrons. The van der Waals surface area contributed by atoms with Crippen molar-refractivity contribution in [2.75, 3.05) is 13.2 Å². The first-order valence-electron chi connectivity index (χ1n) is 8.54. The summed E-state index contributed by atoms with van der Waals surface area (Å²) in [5.41, 5.74) is 6.45. The van der Waals surface area contributed by atoms with Crippen LogP contribution in [0.25, 0.3) is 0 Å². The summed E-state index contributed by atoms with van der Waals surface area (Å²) in [6.45, 7) is 5.04. The fourth-order valence-corrected chi connectivity index (χ4v) is 3.23. The molecule has 1 aromatic carbocycles. The van der Waals surface area contributed by atoms with E-state index in [0.29, 0.717) is 19.1 Å². The van der Waals surface area contributed by atoms with E-state index in [-0.39, 0.29) is 12.3 Å². The molecule has 0 saturated carbocycles. The third-order valence-electron chi connectivity index (χ3n) is 3.83. The number of nitrogens with one attached hydrogen (secondary N) is 2. The molecule has 1 heterocycles. The Labute approximate surface area is 157 Å². The highest BCUT2D eigenvalue weighted by molar-refractivity contribution is 7.10. The molecule has 0 radical (unpaired) electrons. The van der Waals surface area contributed by atoms with Crippen LogP contribution in [0.2, 0.25) is 0 Å². The Kier molecular flexibility index (Phi) is 7.47. The van der Waals surface area contributed by atoms with Crippen molar-refractivity contribution in [3.63, 3.8) is 0 Å². The quantitative estimate of drug-likeness (QED) is 0.588. The third-order valence-corrected chi connectivity index (χ3v) is 4.82. The Balaban J connectivity index is 1.74. The molecule has 0 fully saturated rings. The lowest BCUT2D eigenvalue weighted by Gasteiger charge is -2.16. The normalized spacial score (nSPS) is 11.8. The van der Waals surface area contributed by atoms with Crippen LogP contribution in [-0.4, -0.2) is 25.1 Å². The molecule has 2 rings (SSSR count). The number of hydrogen-bond acceptors (Lipinski definition) is 4. The average Bonchev–Trinajstić information content (AvgIpc) is 3.13. The molecular formula is C19H25N3O3S. The van der Waals surface area contributed by atoms with Gasteiger partial charge in [-0.1, -0.05) is 32.0 Å². The van der Waals surface area contributed by atoms with Crippen LogP contribution < -0.4 is 21.1 Å². The van der Waals surface area contributed by atoms with Gasteiger partial charge in [-0.25, -0.2) is 4.79 Å². The molecule has 0 saturated heterocycles. The Hall–Kier alpha value is -2.54. The van der Waals surface area contributed by atoms with Gasteiger partial charge >= 0.3 is 6.03 Å². The number of ether oxygens (including phenoxy) is 1. The molecule has 6 nitrogen and oxygen atoms in total. The highest BCUT2D eigenvalue weighted by Gasteiger charge is 2.18. The van der Waals surface area contributed by atoms with Crippen molar-refractivity contribution >= 4 is 23.3 Å². The first kappa shape index (κ1) is 19.8. The van der Waals surface area contributed by atoms with Crippen molar-refractivity contribution in [2.24, 2.45) is 5.73 Å². The Morgan fingerprint density at radius 2 is 1.92 bits per heavy atom. The number of carbonyl (C=O) groups excluding carboxylic acids is 2. The van der Waals surface area contributed by atoms with Gasteiger partial charge in [0, 0.05) is 4.88 Å². The van der Waals surface area contributed by atoms with Gasteiger partial charge < -0.3 is 21.1 Å². The van der Waals surface area contributed by atoms with Crippen molar-refractivity contribution in [3.8, 4) is 5.75 Å². The maximum absolute atomic E-state index is 12.1. The van der Waals surface area contributed by atoms with E-state index in [2.05, 4.69) is 24.5 Å². The molecule has 0 spiro atoms. The summed E-state index contributed by atoms with van der Waals surface area (Å²) in [5.74, 6) is 1.08. The van der Waals surface area contributed by atoms with E-state index in [0.717, 1.165) is 10.6 Å². The van der Waals surface area contributed by atoms with E-state index < -0.39 is 12.1 Å². The van der Waals surface area contributed by atoms with Crippen molar-refractivity contribution in [1.82, 2.24) is 10.6 Å². The maximum Gasteiger partial charge on any atom is 0.312 e. The number of nitrogens with two attached hydrogens (primary N) is 1. The largest absolute Gasteiger partial charge is 0.492 e. The second-order valence-corrected chi connectivity index (χ2v) is 7.18. The van der Waals surface area contributed by atoms with Crippen LogP contribution >= 0.6 is 11.3 Å². The minimum absolute atomic E-state index is 0.131.